The number of nitrogens with zero attached hydrogens (tertiary/aromatic N) is 1. The predicted molar refractivity (Wildman–Crippen MR) is 75.4 cm³/mol. The van der Waals surface area contributed by atoms with Crippen LogP contribution in [0.1, 0.15) is 24.8 Å². The van der Waals surface area contributed by atoms with Crippen molar-refractivity contribution in [3.05, 3.63) is 35.9 Å². The van der Waals surface area contributed by atoms with Gasteiger partial charge in [-0.15, -0.1) is 0 Å². The van der Waals surface area contributed by atoms with E-state index in [0.29, 0.717) is 19.6 Å². The largest absolute Gasteiger partial charge is 0.465 e. The molecule has 0 aromatic heterocycles. The van der Waals surface area contributed by atoms with Gasteiger partial charge >= 0.3 is 5.97 Å². The average molecular weight is 289 g/mol. The highest BCUT2D eigenvalue weighted by Crippen LogP contribution is 2.39. The molecule has 2 fully saturated rings. The molecule has 0 saturated carbocycles. The molecule has 1 aromatic carbocycles. The normalized spacial score (nSPS) is 28.3. The van der Waals surface area contributed by atoms with Crippen LogP contribution in [0.4, 0.5) is 0 Å². The number of carbonyl (C=O) groups excluding carboxylic acids is 2. The SMILES string of the molecule is CCOC(=O)[C@@H]1C(=O)N2CCO[C@H]2C[C@H]1c1ccccc1. The molecule has 3 rings (SSSR count). The maximum atomic E-state index is 12.7. The van der Waals surface area contributed by atoms with Gasteiger partial charge in [-0.3, -0.25) is 9.59 Å². The summed E-state index contributed by atoms with van der Waals surface area (Å²) < 4.78 is 10.7. The van der Waals surface area contributed by atoms with E-state index >= 15 is 0 Å². The average Bonchev–Trinajstić information content (AvgIpc) is 2.97. The molecule has 5 heteroatoms. The number of fused-ring (bicyclic) bond motifs is 1. The number of carbonyl (C=O) groups is 2. The summed E-state index contributed by atoms with van der Waals surface area (Å²) in [5.74, 6) is -1.54. The molecule has 1 aromatic rings. The second kappa shape index (κ2) is 5.85. The van der Waals surface area contributed by atoms with Crippen molar-refractivity contribution in [3.8, 4) is 0 Å². The third-order valence-corrected chi connectivity index (χ3v) is 4.17. The second-order valence-corrected chi connectivity index (χ2v) is 5.34. The van der Waals surface area contributed by atoms with Crippen LogP contribution in [0.2, 0.25) is 0 Å². The maximum Gasteiger partial charge on any atom is 0.319 e. The number of piperidine rings is 1. The minimum atomic E-state index is -0.759. The van der Waals surface area contributed by atoms with Crippen molar-refractivity contribution in [2.75, 3.05) is 19.8 Å². The van der Waals surface area contributed by atoms with Crippen LogP contribution in [0.25, 0.3) is 0 Å². The first-order valence-corrected chi connectivity index (χ1v) is 7.36. The van der Waals surface area contributed by atoms with Crippen LogP contribution in [0.3, 0.4) is 0 Å². The smallest absolute Gasteiger partial charge is 0.319 e. The molecule has 112 valence electrons. The quantitative estimate of drug-likeness (QED) is 0.625. The molecule has 5 nitrogen and oxygen atoms in total. The van der Waals surface area contributed by atoms with Gasteiger partial charge in [0.05, 0.1) is 13.2 Å². The van der Waals surface area contributed by atoms with Gasteiger partial charge in [-0.25, -0.2) is 0 Å². The molecule has 2 aliphatic rings. The van der Waals surface area contributed by atoms with Gasteiger partial charge in [-0.2, -0.15) is 0 Å². The van der Waals surface area contributed by atoms with E-state index in [4.69, 9.17) is 9.47 Å². The third kappa shape index (κ3) is 2.53. The molecule has 21 heavy (non-hydrogen) atoms. The van der Waals surface area contributed by atoms with Crippen LogP contribution in [-0.2, 0) is 19.1 Å². The van der Waals surface area contributed by atoms with Gasteiger partial charge in [0.1, 0.15) is 12.1 Å². The summed E-state index contributed by atoms with van der Waals surface area (Å²) in [7, 11) is 0. The number of hydrogen-bond donors (Lipinski definition) is 0. The summed E-state index contributed by atoms with van der Waals surface area (Å²) in [5.41, 5.74) is 0.985. The highest BCUT2D eigenvalue weighted by atomic mass is 16.5. The molecule has 0 unspecified atom stereocenters. The van der Waals surface area contributed by atoms with Gasteiger partial charge in [0.25, 0.3) is 0 Å². The van der Waals surface area contributed by atoms with Crippen molar-refractivity contribution in [1.82, 2.24) is 4.90 Å². The van der Waals surface area contributed by atoms with E-state index in [2.05, 4.69) is 0 Å². The van der Waals surface area contributed by atoms with Gasteiger partial charge in [-0.1, -0.05) is 30.3 Å². The molecular weight excluding hydrogens is 270 g/mol. The van der Waals surface area contributed by atoms with Crippen LogP contribution in [0.15, 0.2) is 30.3 Å². The molecule has 1 amide bonds. The van der Waals surface area contributed by atoms with Crippen molar-refractivity contribution in [2.45, 2.75) is 25.5 Å². The van der Waals surface area contributed by atoms with Gasteiger partial charge in [0.15, 0.2) is 0 Å². The number of rotatable bonds is 3. The van der Waals surface area contributed by atoms with E-state index < -0.39 is 11.9 Å². The molecule has 0 radical (unpaired) electrons. The molecule has 2 aliphatic heterocycles. The summed E-state index contributed by atoms with van der Waals surface area (Å²) in [6, 6.07) is 9.67. The van der Waals surface area contributed by atoms with Crippen molar-refractivity contribution < 1.29 is 19.1 Å². The van der Waals surface area contributed by atoms with Crippen molar-refractivity contribution >= 4 is 11.9 Å². The fourth-order valence-electron chi connectivity index (χ4n) is 3.20. The lowest BCUT2D eigenvalue weighted by Gasteiger charge is -2.38. The predicted octanol–water partition coefficient (Wildman–Crippen LogP) is 1.54. The van der Waals surface area contributed by atoms with Gasteiger partial charge in [0, 0.05) is 18.9 Å². The number of benzene rings is 1. The van der Waals surface area contributed by atoms with Crippen molar-refractivity contribution in [3.63, 3.8) is 0 Å². The molecular formula is C16H19NO4. The van der Waals surface area contributed by atoms with Crippen LogP contribution in [0, 0.1) is 5.92 Å². The molecule has 0 spiro atoms. The summed E-state index contributed by atoms with van der Waals surface area (Å²) in [6.45, 7) is 3.13. The van der Waals surface area contributed by atoms with Gasteiger partial charge in [0.2, 0.25) is 5.91 Å². The van der Waals surface area contributed by atoms with Crippen molar-refractivity contribution in [1.29, 1.82) is 0 Å². The standard InChI is InChI=1S/C16H19NO4/c1-2-20-16(19)14-12(11-6-4-3-5-7-11)10-13-17(15(14)18)8-9-21-13/h3-7,12-14H,2,8-10H2,1H3/t12-,13-,14-/m0/s1. The fraction of sp³-hybridized carbons (Fsp3) is 0.500. The van der Waals surface area contributed by atoms with E-state index in [0.717, 1.165) is 5.56 Å². The lowest BCUT2D eigenvalue weighted by atomic mass is 9.79. The Morgan fingerprint density at radius 3 is 2.86 bits per heavy atom. The Bertz CT molecular complexity index is 530. The van der Waals surface area contributed by atoms with Gasteiger partial charge < -0.3 is 14.4 Å². The molecule has 0 aliphatic carbocycles. The van der Waals surface area contributed by atoms with Crippen LogP contribution in [-0.4, -0.2) is 42.8 Å². The second-order valence-electron chi connectivity index (χ2n) is 5.34. The van der Waals surface area contributed by atoms with Crippen LogP contribution >= 0.6 is 0 Å². The highest BCUT2D eigenvalue weighted by Gasteiger charge is 2.49. The van der Waals surface area contributed by atoms with E-state index in [-0.39, 0.29) is 24.7 Å². The van der Waals surface area contributed by atoms with E-state index in [1.54, 1.807) is 11.8 Å². The summed E-state index contributed by atoms with van der Waals surface area (Å²) in [6.07, 6.45) is 0.424. The molecule has 3 atom stereocenters. The molecule has 0 bridgehead atoms. The third-order valence-electron chi connectivity index (χ3n) is 4.17. The first kappa shape index (κ1) is 14.1. The van der Waals surface area contributed by atoms with Gasteiger partial charge in [-0.05, 0) is 12.5 Å². The number of amides is 1. The molecule has 2 saturated heterocycles. The Morgan fingerprint density at radius 2 is 2.14 bits per heavy atom. The zero-order valence-electron chi connectivity index (χ0n) is 12.0. The minimum absolute atomic E-state index is 0.170. The minimum Gasteiger partial charge on any atom is -0.465 e. The molecule has 0 N–H and O–H groups in total. The Labute approximate surface area is 123 Å². The number of esters is 1. The topological polar surface area (TPSA) is 55.8 Å². The first-order chi connectivity index (χ1) is 10.2. The molecule has 2 heterocycles. The zero-order valence-corrected chi connectivity index (χ0v) is 12.0. The Balaban J connectivity index is 1.94. The highest BCUT2D eigenvalue weighted by molar-refractivity contribution is 5.99. The summed E-state index contributed by atoms with van der Waals surface area (Å²) >= 11 is 0. The zero-order chi connectivity index (χ0) is 14.8. The van der Waals surface area contributed by atoms with Crippen LogP contribution in [0.5, 0.6) is 0 Å². The summed E-state index contributed by atoms with van der Waals surface area (Å²) in [4.78, 5) is 26.6. The lowest BCUT2D eigenvalue weighted by molar-refractivity contribution is -0.163. The first-order valence-electron chi connectivity index (χ1n) is 7.36. The van der Waals surface area contributed by atoms with E-state index in [9.17, 15) is 9.59 Å². The Hall–Kier alpha value is -1.88. The maximum absolute atomic E-state index is 12.7. The van der Waals surface area contributed by atoms with Crippen molar-refractivity contribution in [2.24, 2.45) is 5.92 Å². The monoisotopic (exact) mass is 289 g/mol. The fourth-order valence-corrected chi connectivity index (χ4v) is 3.20. The Morgan fingerprint density at radius 1 is 1.38 bits per heavy atom. The van der Waals surface area contributed by atoms with E-state index in [1.807, 2.05) is 30.3 Å². The van der Waals surface area contributed by atoms with E-state index in [1.165, 1.54) is 0 Å². The number of ether oxygens (including phenoxy) is 2. The summed E-state index contributed by atoms with van der Waals surface area (Å²) in [5, 5.41) is 0. The van der Waals surface area contributed by atoms with Crippen LogP contribution < -0.4 is 0 Å². The Kier molecular flexibility index (Phi) is 3.92. The number of hydrogen-bond acceptors (Lipinski definition) is 4. The lowest BCUT2D eigenvalue weighted by Crippen LogP contribution is -2.51.